The Labute approximate surface area is 329 Å². The minimum atomic E-state index is 0.604. The van der Waals surface area contributed by atoms with Gasteiger partial charge >= 0.3 is 0 Å². The molecule has 0 bridgehead atoms. The number of hydrogen-bond donors (Lipinski definition) is 0. The minimum Gasteiger partial charge on any atom is -0.296 e. The number of aromatic nitrogens is 5. The van der Waals surface area contributed by atoms with E-state index < -0.39 is 0 Å². The highest BCUT2D eigenvalue weighted by Crippen LogP contribution is 2.39. The van der Waals surface area contributed by atoms with E-state index in [9.17, 15) is 0 Å². The third-order valence-electron chi connectivity index (χ3n) is 11.1. The van der Waals surface area contributed by atoms with E-state index in [4.69, 9.17) is 19.9 Å². The summed E-state index contributed by atoms with van der Waals surface area (Å²) in [4.78, 5) is 20.8. The van der Waals surface area contributed by atoms with Crippen molar-refractivity contribution in [1.29, 1.82) is 0 Å². The second kappa shape index (κ2) is 13.4. The van der Waals surface area contributed by atoms with Gasteiger partial charge in [0.05, 0.1) is 11.0 Å². The smallest absolute Gasteiger partial charge is 0.164 e. The van der Waals surface area contributed by atoms with Crippen LogP contribution in [0, 0.1) is 0 Å². The van der Waals surface area contributed by atoms with E-state index in [2.05, 4.69) is 193 Å². The summed E-state index contributed by atoms with van der Waals surface area (Å²) in [5, 5.41) is 9.45. The van der Waals surface area contributed by atoms with E-state index in [1.165, 1.54) is 32.3 Å². The van der Waals surface area contributed by atoms with Crippen molar-refractivity contribution >= 4 is 54.1 Å². The first-order valence-electron chi connectivity index (χ1n) is 19.4. The number of nitrogens with zero attached hydrogens (tertiary/aromatic N) is 5. The van der Waals surface area contributed by atoms with Gasteiger partial charge < -0.3 is 0 Å². The Morgan fingerprint density at radius 1 is 0.386 bits per heavy atom. The Bertz CT molecular complexity index is 3260. The number of para-hydroxylation sites is 2. The quantitative estimate of drug-likeness (QED) is 0.160. The highest BCUT2D eigenvalue weighted by Gasteiger charge is 2.19. The summed E-state index contributed by atoms with van der Waals surface area (Å²) in [6, 6.07) is 64.4. The number of aryl methyl sites for hydroxylation is 1. The molecule has 0 aliphatic heterocycles. The molecule has 0 aliphatic carbocycles. The third kappa shape index (κ3) is 5.71. The van der Waals surface area contributed by atoms with Gasteiger partial charge in [0.25, 0.3) is 0 Å². The normalized spacial score (nSPS) is 11.7. The Kier molecular flexibility index (Phi) is 7.71. The molecule has 0 aliphatic rings. The average Bonchev–Trinajstić information content (AvgIpc) is 3.67. The molecule has 0 saturated heterocycles. The number of rotatable bonds is 6. The minimum absolute atomic E-state index is 0.604. The predicted octanol–water partition coefficient (Wildman–Crippen LogP) is 13.1. The van der Waals surface area contributed by atoms with Gasteiger partial charge in [0.15, 0.2) is 17.5 Å². The lowest BCUT2D eigenvalue weighted by atomic mass is 9.92. The zero-order chi connectivity index (χ0) is 37.9. The van der Waals surface area contributed by atoms with Crippen molar-refractivity contribution in [2.24, 2.45) is 0 Å². The average molecular weight is 730 g/mol. The molecule has 0 N–H and O–H groups in total. The molecule has 9 aromatic carbocycles. The molecule has 0 fully saturated rings. The van der Waals surface area contributed by atoms with Crippen molar-refractivity contribution in [1.82, 2.24) is 24.5 Å². The highest BCUT2D eigenvalue weighted by molar-refractivity contribution is 6.14. The zero-order valence-corrected chi connectivity index (χ0v) is 31.3. The summed E-state index contributed by atoms with van der Waals surface area (Å²) in [5.41, 5.74) is 8.02. The molecule has 11 rings (SSSR count). The standard InChI is InChI=1S/C52H35N5/c1-2-49-53-47-21-11-12-22-48(47)57(49)42-30-40(46-32-37-17-7-8-18-43(37)44-19-9-10-20-45(44)46)29-41(31-42)52-55-50(38-25-23-33-13-3-5-15-35(33)27-38)54-51(56-52)39-26-24-34-14-4-6-16-36(34)28-39/h3-32H,2H2,1H3. The van der Waals surface area contributed by atoms with Crippen LogP contribution < -0.4 is 0 Å². The van der Waals surface area contributed by atoms with Crippen molar-refractivity contribution in [3.05, 3.63) is 188 Å². The molecule has 0 spiro atoms. The molecule has 0 atom stereocenters. The first-order valence-corrected chi connectivity index (χ1v) is 19.4. The van der Waals surface area contributed by atoms with Crippen LogP contribution in [0.3, 0.4) is 0 Å². The molecule has 0 radical (unpaired) electrons. The van der Waals surface area contributed by atoms with Crippen LogP contribution in [0.2, 0.25) is 0 Å². The first-order chi connectivity index (χ1) is 28.2. The maximum atomic E-state index is 5.30. The van der Waals surface area contributed by atoms with E-state index in [0.29, 0.717) is 17.5 Å². The van der Waals surface area contributed by atoms with E-state index in [0.717, 1.165) is 67.6 Å². The van der Waals surface area contributed by atoms with Gasteiger partial charge in [0, 0.05) is 28.8 Å². The highest BCUT2D eigenvalue weighted by atomic mass is 15.1. The van der Waals surface area contributed by atoms with Crippen LogP contribution >= 0.6 is 0 Å². The van der Waals surface area contributed by atoms with Crippen LogP contribution in [0.1, 0.15) is 12.7 Å². The van der Waals surface area contributed by atoms with Crippen LogP contribution in [0.5, 0.6) is 0 Å². The van der Waals surface area contributed by atoms with Crippen LogP contribution in [0.15, 0.2) is 182 Å². The third-order valence-corrected chi connectivity index (χ3v) is 11.1. The topological polar surface area (TPSA) is 56.5 Å². The van der Waals surface area contributed by atoms with Gasteiger partial charge in [-0.25, -0.2) is 19.9 Å². The largest absolute Gasteiger partial charge is 0.296 e. The Balaban J connectivity index is 1.20. The zero-order valence-electron chi connectivity index (χ0n) is 31.3. The van der Waals surface area contributed by atoms with Gasteiger partial charge in [0.2, 0.25) is 0 Å². The van der Waals surface area contributed by atoms with Crippen molar-refractivity contribution in [3.63, 3.8) is 0 Å². The van der Waals surface area contributed by atoms with Crippen molar-refractivity contribution in [3.8, 4) is 51.0 Å². The van der Waals surface area contributed by atoms with Crippen LogP contribution in [0.25, 0.3) is 105 Å². The Morgan fingerprint density at radius 3 is 1.58 bits per heavy atom. The second-order valence-corrected chi connectivity index (χ2v) is 14.6. The van der Waals surface area contributed by atoms with Gasteiger partial charge in [-0.05, 0) is 103 Å². The molecular weight excluding hydrogens is 695 g/mol. The van der Waals surface area contributed by atoms with Gasteiger partial charge in [-0.2, -0.15) is 0 Å². The maximum Gasteiger partial charge on any atom is 0.164 e. The molecule has 5 heteroatoms. The molecule has 57 heavy (non-hydrogen) atoms. The van der Waals surface area contributed by atoms with E-state index >= 15 is 0 Å². The molecule has 5 nitrogen and oxygen atoms in total. The molecule has 268 valence electrons. The fraction of sp³-hybridized carbons (Fsp3) is 0.0385. The Hall–Kier alpha value is -7.50. The molecule has 0 amide bonds. The van der Waals surface area contributed by atoms with E-state index in [1.807, 2.05) is 0 Å². The molecule has 11 aromatic rings. The predicted molar refractivity (Wildman–Crippen MR) is 236 cm³/mol. The summed E-state index contributed by atoms with van der Waals surface area (Å²) in [5.74, 6) is 2.85. The first kappa shape index (κ1) is 32.9. The number of imidazole rings is 1. The van der Waals surface area contributed by atoms with Crippen LogP contribution in [0.4, 0.5) is 0 Å². The second-order valence-electron chi connectivity index (χ2n) is 14.6. The van der Waals surface area contributed by atoms with Crippen molar-refractivity contribution in [2.75, 3.05) is 0 Å². The number of hydrogen-bond acceptors (Lipinski definition) is 4. The fourth-order valence-corrected chi connectivity index (χ4v) is 8.34. The van der Waals surface area contributed by atoms with Crippen LogP contribution in [-0.4, -0.2) is 24.5 Å². The molecule has 2 aromatic heterocycles. The number of benzene rings is 9. The lowest BCUT2D eigenvalue weighted by Crippen LogP contribution is -2.03. The Morgan fingerprint density at radius 2 is 0.912 bits per heavy atom. The SMILES string of the molecule is CCc1nc2ccccc2n1-c1cc(-c2nc(-c3ccc4ccccc4c3)nc(-c3ccc4ccccc4c3)n2)cc(-c2cc3ccccc3c3ccccc23)c1. The molecule has 0 saturated carbocycles. The van der Waals surface area contributed by atoms with Gasteiger partial charge in [-0.15, -0.1) is 0 Å². The lowest BCUT2D eigenvalue weighted by Gasteiger charge is -2.16. The fourth-order valence-electron chi connectivity index (χ4n) is 8.34. The summed E-state index contributed by atoms with van der Waals surface area (Å²) >= 11 is 0. The van der Waals surface area contributed by atoms with E-state index in [-0.39, 0.29) is 0 Å². The summed E-state index contributed by atoms with van der Waals surface area (Å²) in [7, 11) is 0. The van der Waals surface area contributed by atoms with Gasteiger partial charge in [-0.3, -0.25) is 4.57 Å². The summed E-state index contributed by atoms with van der Waals surface area (Å²) < 4.78 is 2.29. The van der Waals surface area contributed by atoms with Crippen molar-refractivity contribution < 1.29 is 0 Å². The summed E-state index contributed by atoms with van der Waals surface area (Å²) in [6.07, 6.45) is 0.775. The van der Waals surface area contributed by atoms with Crippen molar-refractivity contribution in [2.45, 2.75) is 13.3 Å². The van der Waals surface area contributed by atoms with Gasteiger partial charge in [0.1, 0.15) is 5.82 Å². The molecule has 0 unspecified atom stereocenters. The summed E-state index contributed by atoms with van der Waals surface area (Å²) in [6.45, 7) is 2.16. The monoisotopic (exact) mass is 729 g/mol. The van der Waals surface area contributed by atoms with Crippen LogP contribution in [-0.2, 0) is 6.42 Å². The molecule has 2 heterocycles. The molecular formula is C52H35N5. The van der Waals surface area contributed by atoms with Gasteiger partial charge in [-0.1, -0.05) is 140 Å². The number of fused-ring (bicyclic) bond motifs is 6. The lowest BCUT2D eigenvalue weighted by molar-refractivity contribution is 0.908. The maximum absolute atomic E-state index is 5.30. The van der Waals surface area contributed by atoms with E-state index in [1.54, 1.807) is 0 Å².